The Morgan fingerprint density at radius 1 is 1.19 bits per heavy atom. The van der Waals surface area contributed by atoms with E-state index in [2.05, 4.69) is 0 Å². The highest BCUT2D eigenvalue weighted by molar-refractivity contribution is 5.27. The van der Waals surface area contributed by atoms with Crippen LogP contribution in [0.1, 0.15) is 37.3 Å². The zero-order valence-corrected chi connectivity index (χ0v) is 9.38. The van der Waals surface area contributed by atoms with E-state index in [0.29, 0.717) is 0 Å². The third kappa shape index (κ3) is 2.98. The van der Waals surface area contributed by atoms with E-state index in [4.69, 9.17) is 5.73 Å². The molecule has 90 valence electrons. The van der Waals surface area contributed by atoms with Crippen molar-refractivity contribution in [1.82, 2.24) is 0 Å². The van der Waals surface area contributed by atoms with Gasteiger partial charge in [-0.1, -0.05) is 19.1 Å². The van der Waals surface area contributed by atoms with E-state index >= 15 is 0 Å². The summed E-state index contributed by atoms with van der Waals surface area (Å²) in [7, 11) is 0. The zero-order chi connectivity index (χ0) is 12.3. The van der Waals surface area contributed by atoms with Crippen LogP contribution in [-0.4, -0.2) is 6.04 Å². The van der Waals surface area contributed by atoms with Crippen molar-refractivity contribution in [2.45, 2.75) is 38.4 Å². The Hall–Kier alpha value is -1.03. The summed E-state index contributed by atoms with van der Waals surface area (Å²) in [4.78, 5) is 0. The minimum absolute atomic E-state index is 0.0539. The van der Waals surface area contributed by atoms with Gasteiger partial charge in [-0.05, 0) is 37.0 Å². The minimum atomic E-state index is -4.27. The molecule has 0 aliphatic carbocycles. The first-order valence-electron chi connectivity index (χ1n) is 5.29. The largest absolute Gasteiger partial charge is 0.416 e. The molecular weight excluding hydrogens is 215 g/mol. The van der Waals surface area contributed by atoms with E-state index in [0.717, 1.165) is 24.1 Å². The first kappa shape index (κ1) is 13.0. The molecule has 2 atom stereocenters. The number of rotatable bonds is 3. The van der Waals surface area contributed by atoms with Crippen molar-refractivity contribution in [3.63, 3.8) is 0 Å². The molecule has 0 saturated carbocycles. The molecule has 0 amide bonds. The monoisotopic (exact) mass is 231 g/mol. The first-order valence-corrected chi connectivity index (χ1v) is 5.29. The van der Waals surface area contributed by atoms with Crippen LogP contribution in [0.25, 0.3) is 0 Å². The van der Waals surface area contributed by atoms with Crippen LogP contribution in [0.2, 0.25) is 0 Å². The lowest BCUT2D eigenvalue weighted by Crippen LogP contribution is -2.24. The normalized spacial score (nSPS) is 15.9. The number of nitrogens with two attached hydrogens (primary N) is 1. The first-order chi connectivity index (χ1) is 7.36. The molecule has 0 bridgehead atoms. The molecule has 0 heterocycles. The van der Waals surface area contributed by atoms with Gasteiger partial charge in [-0.3, -0.25) is 0 Å². The lowest BCUT2D eigenvalue weighted by molar-refractivity contribution is -0.137. The highest BCUT2D eigenvalue weighted by Gasteiger charge is 2.30. The molecule has 0 radical (unpaired) electrons. The maximum atomic E-state index is 12.3. The summed E-state index contributed by atoms with van der Waals surface area (Å²) < 4.78 is 37.0. The molecule has 1 aromatic rings. The Balaban J connectivity index is 2.94. The summed E-state index contributed by atoms with van der Waals surface area (Å²) >= 11 is 0. The molecule has 1 aromatic carbocycles. The zero-order valence-electron chi connectivity index (χ0n) is 9.38. The fourth-order valence-corrected chi connectivity index (χ4v) is 1.83. The van der Waals surface area contributed by atoms with Crippen LogP contribution in [0, 0.1) is 0 Å². The molecule has 1 rings (SSSR count). The molecule has 0 spiro atoms. The molecule has 4 heteroatoms. The lowest BCUT2D eigenvalue weighted by Gasteiger charge is -2.19. The van der Waals surface area contributed by atoms with Gasteiger partial charge in [0.15, 0.2) is 0 Å². The second-order valence-corrected chi connectivity index (χ2v) is 3.99. The molecule has 0 aliphatic heterocycles. The highest BCUT2D eigenvalue weighted by Crippen LogP contribution is 2.31. The second-order valence-electron chi connectivity index (χ2n) is 3.99. The van der Waals surface area contributed by atoms with Gasteiger partial charge < -0.3 is 5.73 Å². The molecule has 0 aliphatic rings. The third-order valence-corrected chi connectivity index (χ3v) is 2.74. The fourth-order valence-electron chi connectivity index (χ4n) is 1.83. The average molecular weight is 231 g/mol. The molecule has 2 N–H and O–H groups in total. The number of benzene rings is 1. The van der Waals surface area contributed by atoms with Crippen molar-refractivity contribution in [1.29, 1.82) is 0 Å². The number of hydrogen-bond donors (Lipinski definition) is 1. The molecule has 2 unspecified atom stereocenters. The van der Waals surface area contributed by atoms with Crippen LogP contribution in [-0.2, 0) is 6.18 Å². The van der Waals surface area contributed by atoms with Crippen molar-refractivity contribution < 1.29 is 13.2 Å². The Morgan fingerprint density at radius 3 is 2.00 bits per heavy atom. The van der Waals surface area contributed by atoms with Crippen LogP contribution < -0.4 is 5.73 Å². The quantitative estimate of drug-likeness (QED) is 0.845. The fraction of sp³-hybridized carbons (Fsp3) is 0.500. The van der Waals surface area contributed by atoms with Gasteiger partial charge in [0, 0.05) is 6.04 Å². The maximum absolute atomic E-state index is 12.3. The van der Waals surface area contributed by atoms with Crippen LogP contribution >= 0.6 is 0 Å². The van der Waals surface area contributed by atoms with Crippen LogP contribution in [0.5, 0.6) is 0 Å². The number of halogens is 3. The predicted octanol–water partition coefficient (Wildman–Crippen LogP) is 3.55. The van der Waals surface area contributed by atoms with Gasteiger partial charge in [-0.15, -0.1) is 0 Å². The van der Waals surface area contributed by atoms with E-state index in [1.54, 1.807) is 0 Å². The predicted molar refractivity (Wildman–Crippen MR) is 58.1 cm³/mol. The highest BCUT2D eigenvalue weighted by atomic mass is 19.4. The number of alkyl halides is 3. The van der Waals surface area contributed by atoms with Gasteiger partial charge >= 0.3 is 6.18 Å². The van der Waals surface area contributed by atoms with E-state index in [1.807, 2.05) is 13.8 Å². The van der Waals surface area contributed by atoms with E-state index in [-0.39, 0.29) is 12.0 Å². The van der Waals surface area contributed by atoms with Crippen molar-refractivity contribution in [3.8, 4) is 0 Å². The summed E-state index contributed by atoms with van der Waals surface area (Å²) in [5, 5.41) is 0. The van der Waals surface area contributed by atoms with E-state index in [1.165, 1.54) is 12.1 Å². The van der Waals surface area contributed by atoms with Crippen LogP contribution in [0.4, 0.5) is 13.2 Å². The standard InChI is InChI=1S/C12H16F3N/c1-3-11(8(2)16)9-4-6-10(7-5-9)12(13,14)15/h4-8,11H,3,16H2,1-2H3. The van der Waals surface area contributed by atoms with Crippen molar-refractivity contribution in [3.05, 3.63) is 35.4 Å². The van der Waals surface area contributed by atoms with Crippen molar-refractivity contribution in [2.24, 2.45) is 5.73 Å². The Labute approximate surface area is 93.5 Å². The van der Waals surface area contributed by atoms with Crippen molar-refractivity contribution >= 4 is 0 Å². The molecule has 0 saturated heterocycles. The smallest absolute Gasteiger partial charge is 0.327 e. The summed E-state index contributed by atoms with van der Waals surface area (Å²) in [6.45, 7) is 3.84. The molecular formula is C12H16F3N. The third-order valence-electron chi connectivity index (χ3n) is 2.74. The topological polar surface area (TPSA) is 26.0 Å². The summed E-state index contributed by atoms with van der Waals surface area (Å²) in [5.74, 6) is 0.113. The second kappa shape index (κ2) is 4.87. The SMILES string of the molecule is CCC(c1ccc(C(F)(F)F)cc1)C(C)N. The van der Waals surface area contributed by atoms with Gasteiger partial charge in [0.1, 0.15) is 0 Å². The summed E-state index contributed by atoms with van der Waals surface area (Å²) in [6, 6.07) is 5.20. The molecule has 0 aromatic heterocycles. The minimum Gasteiger partial charge on any atom is -0.327 e. The van der Waals surface area contributed by atoms with E-state index < -0.39 is 11.7 Å². The van der Waals surface area contributed by atoms with Crippen molar-refractivity contribution in [2.75, 3.05) is 0 Å². The van der Waals surface area contributed by atoms with Crippen LogP contribution in [0.15, 0.2) is 24.3 Å². The molecule has 1 nitrogen and oxygen atoms in total. The summed E-state index contributed by atoms with van der Waals surface area (Å²) in [5.41, 5.74) is 6.03. The Morgan fingerprint density at radius 2 is 1.69 bits per heavy atom. The van der Waals surface area contributed by atoms with Gasteiger partial charge in [0.2, 0.25) is 0 Å². The maximum Gasteiger partial charge on any atom is 0.416 e. The van der Waals surface area contributed by atoms with Gasteiger partial charge in [-0.2, -0.15) is 13.2 Å². The lowest BCUT2D eigenvalue weighted by atomic mass is 9.90. The number of hydrogen-bond acceptors (Lipinski definition) is 1. The van der Waals surface area contributed by atoms with Gasteiger partial charge in [-0.25, -0.2) is 0 Å². The summed E-state index contributed by atoms with van der Waals surface area (Å²) in [6.07, 6.45) is -3.45. The van der Waals surface area contributed by atoms with E-state index in [9.17, 15) is 13.2 Å². The molecule has 16 heavy (non-hydrogen) atoms. The average Bonchev–Trinajstić information content (AvgIpc) is 2.17. The Kier molecular flexibility index (Phi) is 3.97. The molecule has 0 fully saturated rings. The van der Waals surface area contributed by atoms with Crippen LogP contribution in [0.3, 0.4) is 0 Å². The van der Waals surface area contributed by atoms with Gasteiger partial charge in [0.05, 0.1) is 5.56 Å². The van der Waals surface area contributed by atoms with Gasteiger partial charge in [0.25, 0.3) is 0 Å². The Bertz CT molecular complexity index is 327.